The molecule has 2 aromatic rings. The van der Waals surface area contributed by atoms with Gasteiger partial charge in [0.25, 0.3) is 0 Å². The molecule has 2 amide bonds. The predicted octanol–water partition coefficient (Wildman–Crippen LogP) is 3.48. The van der Waals surface area contributed by atoms with Gasteiger partial charge in [0.2, 0.25) is 11.1 Å². The topological polar surface area (TPSA) is 102 Å². The van der Waals surface area contributed by atoms with E-state index in [0.29, 0.717) is 24.1 Å². The number of amides is 2. The molecule has 2 fully saturated rings. The summed E-state index contributed by atoms with van der Waals surface area (Å²) in [5, 5.41) is 15.6. The van der Waals surface area contributed by atoms with E-state index in [2.05, 4.69) is 20.8 Å². The zero-order valence-corrected chi connectivity index (χ0v) is 18.5. The quantitative estimate of drug-likeness (QED) is 0.753. The maximum Gasteiger partial charge on any atom is 0.415 e. The zero-order valence-electron chi connectivity index (χ0n) is 17.7. The van der Waals surface area contributed by atoms with Crippen LogP contribution in [0.25, 0.3) is 0 Å². The van der Waals surface area contributed by atoms with Crippen molar-refractivity contribution in [2.24, 2.45) is 13.0 Å². The van der Waals surface area contributed by atoms with Crippen molar-refractivity contribution >= 4 is 29.4 Å². The molecule has 0 bridgehead atoms. The summed E-state index contributed by atoms with van der Waals surface area (Å²) in [5.41, 5.74) is 0.728. The van der Waals surface area contributed by atoms with Gasteiger partial charge in [-0.1, -0.05) is 31.0 Å². The molecule has 1 saturated carbocycles. The number of thioether (sulfide) groups is 1. The Labute approximate surface area is 185 Å². The number of aromatic nitrogens is 4. The normalized spacial score (nSPS) is 18.0. The molecule has 2 aliphatic rings. The van der Waals surface area contributed by atoms with Gasteiger partial charge in [-0.15, -0.1) is 5.10 Å². The van der Waals surface area contributed by atoms with E-state index in [1.54, 1.807) is 45.6 Å². The van der Waals surface area contributed by atoms with E-state index in [1.807, 2.05) is 7.05 Å². The molecule has 1 N–H and O–H groups in total. The number of tetrazole rings is 1. The summed E-state index contributed by atoms with van der Waals surface area (Å²) in [7, 11) is 1.82. The highest BCUT2D eigenvalue weighted by molar-refractivity contribution is 7.99. The van der Waals surface area contributed by atoms with Crippen molar-refractivity contribution in [2.75, 3.05) is 18.4 Å². The van der Waals surface area contributed by atoms with E-state index in [4.69, 9.17) is 4.74 Å². The molecule has 1 aliphatic carbocycles. The van der Waals surface area contributed by atoms with Gasteiger partial charge in [-0.25, -0.2) is 9.48 Å². The Morgan fingerprint density at radius 2 is 1.77 bits per heavy atom. The lowest BCUT2D eigenvalue weighted by Crippen LogP contribution is -2.41. The number of hydrogen-bond donors (Lipinski definition) is 1. The van der Waals surface area contributed by atoms with Crippen LogP contribution in [0.15, 0.2) is 29.4 Å². The van der Waals surface area contributed by atoms with Crippen LogP contribution in [-0.2, 0) is 11.8 Å². The lowest BCUT2D eigenvalue weighted by molar-refractivity contribution is -0.120. The second-order valence-corrected chi connectivity index (χ2v) is 9.37. The van der Waals surface area contributed by atoms with Crippen LogP contribution in [0.3, 0.4) is 0 Å². The Morgan fingerprint density at radius 1 is 1.06 bits per heavy atom. The SMILES string of the molecule is Cn1nnnc1SC1CCN(C(=O)Oc2ccc(NC(=O)C3CCCCC3)cc2)CC1. The highest BCUT2D eigenvalue weighted by Crippen LogP contribution is 2.29. The van der Waals surface area contributed by atoms with Gasteiger partial charge < -0.3 is 15.0 Å². The van der Waals surface area contributed by atoms with Crippen LogP contribution < -0.4 is 10.1 Å². The van der Waals surface area contributed by atoms with Crippen LogP contribution in [0.1, 0.15) is 44.9 Å². The summed E-state index contributed by atoms with van der Waals surface area (Å²) in [6.07, 6.45) is 6.78. The standard InChI is InChI=1S/C21H28N6O3S/c1-26-20(23-24-25-26)31-18-11-13-27(14-12-18)21(29)30-17-9-7-16(8-10-17)22-19(28)15-5-3-2-4-6-15/h7-10,15,18H,2-6,11-14H2,1H3,(H,22,28). The first-order valence-electron chi connectivity index (χ1n) is 10.8. The van der Waals surface area contributed by atoms with E-state index in [9.17, 15) is 9.59 Å². The number of rotatable bonds is 5. The van der Waals surface area contributed by atoms with Crippen molar-refractivity contribution in [3.63, 3.8) is 0 Å². The number of aryl methyl sites for hydroxylation is 1. The van der Waals surface area contributed by atoms with E-state index in [1.165, 1.54) is 6.42 Å². The molecule has 9 nitrogen and oxygen atoms in total. The van der Waals surface area contributed by atoms with Crippen molar-refractivity contribution in [1.82, 2.24) is 25.1 Å². The third kappa shape index (κ3) is 5.75. The van der Waals surface area contributed by atoms with Crippen molar-refractivity contribution in [3.05, 3.63) is 24.3 Å². The van der Waals surface area contributed by atoms with Gasteiger partial charge in [0.15, 0.2) is 0 Å². The van der Waals surface area contributed by atoms with Gasteiger partial charge in [0.1, 0.15) is 5.75 Å². The Morgan fingerprint density at radius 3 is 2.42 bits per heavy atom. The molecule has 1 aliphatic heterocycles. The van der Waals surface area contributed by atoms with E-state index < -0.39 is 0 Å². The molecule has 166 valence electrons. The second-order valence-electron chi connectivity index (χ2n) is 8.11. The Kier molecular flexibility index (Phi) is 7.06. The maximum atomic E-state index is 12.5. The number of benzene rings is 1. The van der Waals surface area contributed by atoms with E-state index in [-0.39, 0.29) is 17.9 Å². The molecular formula is C21H28N6O3S. The van der Waals surface area contributed by atoms with Gasteiger partial charge in [-0.3, -0.25) is 4.79 Å². The highest BCUT2D eigenvalue weighted by Gasteiger charge is 2.26. The number of nitrogens with zero attached hydrogens (tertiary/aromatic N) is 5. The second kappa shape index (κ2) is 10.1. The van der Waals surface area contributed by atoms with Crippen molar-refractivity contribution in [2.45, 2.75) is 55.4 Å². The van der Waals surface area contributed by atoms with Gasteiger partial charge in [0.05, 0.1) is 0 Å². The molecule has 31 heavy (non-hydrogen) atoms. The fraction of sp³-hybridized carbons (Fsp3) is 0.571. The molecule has 0 atom stereocenters. The molecular weight excluding hydrogens is 416 g/mol. The van der Waals surface area contributed by atoms with E-state index in [0.717, 1.165) is 49.4 Å². The third-order valence-electron chi connectivity index (χ3n) is 5.86. The Balaban J connectivity index is 1.22. The smallest absolute Gasteiger partial charge is 0.410 e. The van der Waals surface area contributed by atoms with Gasteiger partial charge >= 0.3 is 6.09 Å². The number of anilines is 1. The van der Waals surface area contributed by atoms with Crippen molar-refractivity contribution in [3.8, 4) is 5.75 Å². The van der Waals surface area contributed by atoms with Crippen LogP contribution in [-0.4, -0.2) is 55.4 Å². The minimum Gasteiger partial charge on any atom is -0.410 e. The first kappa shape index (κ1) is 21.6. The number of hydrogen-bond acceptors (Lipinski definition) is 7. The number of carbonyl (C=O) groups is 2. The molecule has 4 rings (SSSR count). The maximum absolute atomic E-state index is 12.5. The highest BCUT2D eigenvalue weighted by atomic mass is 32.2. The van der Waals surface area contributed by atoms with Gasteiger partial charge in [-0.2, -0.15) is 0 Å². The lowest BCUT2D eigenvalue weighted by Gasteiger charge is -2.30. The molecule has 1 aromatic carbocycles. The largest absolute Gasteiger partial charge is 0.415 e. The van der Waals surface area contributed by atoms with Crippen LogP contribution in [0.5, 0.6) is 5.75 Å². The van der Waals surface area contributed by atoms with Crippen LogP contribution in [0.4, 0.5) is 10.5 Å². The van der Waals surface area contributed by atoms with Crippen LogP contribution in [0.2, 0.25) is 0 Å². The molecule has 0 radical (unpaired) electrons. The molecule has 2 heterocycles. The van der Waals surface area contributed by atoms with Gasteiger partial charge in [-0.05, 0) is 60.4 Å². The van der Waals surface area contributed by atoms with Crippen LogP contribution >= 0.6 is 11.8 Å². The number of ether oxygens (including phenoxy) is 1. The number of piperidine rings is 1. The number of carbonyl (C=O) groups excluding carboxylic acids is 2. The fourth-order valence-corrected chi connectivity index (χ4v) is 5.02. The molecule has 0 spiro atoms. The third-order valence-corrected chi connectivity index (χ3v) is 7.22. The Hall–Kier alpha value is -2.62. The average molecular weight is 445 g/mol. The summed E-state index contributed by atoms with van der Waals surface area (Å²) in [4.78, 5) is 26.6. The summed E-state index contributed by atoms with van der Waals surface area (Å²) in [5.74, 6) is 0.668. The molecule has 0 unspecified atom stereocenters. The summed E-state index contributed by atoms with van der Waals surface area (Å²) < 4.78 is 7.18. The number of nitrogens with one attached hydrogen (secondary N) is 1. The first-order chi connectivity index (χ1) is 15.1. The first-order valence-corrected chi connectivity index (χ1v) is 11.7. The van der Waals surface area contributed by atoms with E-state index >= 15 is 0 Å². The van der Waals surface area contributed by atoms with Crippen molar-refractivity contribution in [1.29, 1.82) is 0 Å². The minimum atomic E-state index is -0.345. The monoisotopic (exact) mass is 444 g/mol. The average Bonchev–Trinajstić information content (AvgIpc) is 3.20. The van der Waals surface area contributed by atoms with Crippen LogP contribution in [0, 0.1) is 5.92 Å². The zero-order chi connectivity index (χ0) is 21.6. The molecule has 10 heteroatoms. The minimum absolute atomic E-state index is 0.0855. The predicted molar refractivity (Wildman–Crippen MR) is 117 cm³/mol. The lowest BCUT2D eigenvalue weighted by atomic mass is 9.88. The molecule has 1 saturated heterocycles. The molecule has 1 aromatic heterocycles. The fourth-order valence-electron chi connectivity index (χ4n) is 4.01. The van der Waals surface area contributed by atoms with Crippen molar-refractivity contribution < 1.29 is 14.3 Å². The Bertz CT molecular complexity index is 889. The number of likely N-dealkylation sites (tertiary alicyclic amines) is 1. The summed E-state index contributed by atoms with van der Waals surface area (Å²) in [6, 6.07) is 7.00. The summed E-state index contributed by atoms with van der Waals surface area (Å²) >= 11 is 1.65. The van der Waals surface area contributed by atoms with Gasteiger partial charge in [0, 0.05) is 37.0 Å². The summed E-state index contributed by atoms with van der Waals surface area (Å²) in [6.45, 7) is 1.27.